The van der Waals surface area contributed by atoms with E-state index in [1.807, 2.05) is 0 Å². The van der Waals surface area contributed by atoms with Crippen molar-refractivity contribution in [2.24, 2.45) is 0 Å². The molecule has 0 atom stereocenters. The summed E-state index contributed by atoms with van der Waals surface area (Å²) in [6.45, 7) is 11.4. The van der Waals surface area contributed by atoms with E-state index in [0.717, 1.165) is 6.04 Å². The van der Waals surface area contributed by atoms with Crippen molar-refractivity contribution in [3.63, 3.8) is 0 Å². The van der Waals surface area contributed by atoms with Gasteiger partial charge in [0, 0.05) is 6.04 Å². The highest BCUT2D eigenvalue weighted by Gasteiger charge is 2.18. The van der Waals surface area contributed by atoms with Gasteiger partial charge in [-0.05, 0) is 84.3 Å². The van der Waals surface area contributed by atoms with Gasteiger partial charge < -0.3 is 15.1 Å². The standard InChI is InChI=1S/C15H31N3/c1-2-8-16-15-6-13-18(14-7-15)12-5-11-17-9-3-4-10-17/h15-16H,2-14H2,1H3. The van der Waals surface area contributed by atoms with Gasteiger partial charge >= 0.3 is 0 Å². The molecule has 0 unspecified atom stereocenters. The van der Waals surface area contributed by atoms with Gasteiger partial charge in [-0.3, -0.25) is 0 Å². The first-order chi connectivity index (χ1) is 8.88. The van der Waals surface area contributed by atoms with E-state index < -0.39 is 0 Å². The number of rotatable bonds is 7. The number of hydrogen-bond acceptors (Lipinski definition) is 3. The van der Waals surface area contributed by atoms with Crippen molar-refractivity contribution in [1.29, 1.82) is 0 Å². The van der Waals surface area contributed by atoms with Crippen LogP contribution in [0.3, 0.4) is 0 Å². The largest absolute Gasteiger partial charge is 0.314 e. The Balaban J connectivity index is 1.50. The first-order valence-electron chi connectivity index (χ1n) is 8.06. The SMILES string of the molecule is CCCNC1CCN(CCCN2CCCC2)CC1. The van der Waals surface area contributed by atoms with E-state index in [1.54, 1.807) is 0 Å². The first-order valence-corrected chi connectivity index (χ1v) is 8.06. The van der Waals surface area contributed by atoms with Crippen molar-refractivity contribution in [2.45, 2.75) is 51.5 Å². The third kappa shape index (κ3) is 4.87. The van der Waals surface area contributed by atoms with E-state index >= 15 is 0 Å². The molecule has 106 valence electrons. The van der Waals surface area contributed by atoms with Crippen molar-refractivity contribution >= 4 is 0 Å². The molecule has 0 bridgehead atoms. The Morgan fingerprint density at radius 3 is 2.17 bits per heavy atom. The maximum atomic E-state index is 3.66. The Bertz CT molecular complexity index is 206. The third-order valence-electron chi connectivity index (χ3n) is 4.42. The van der Waals surface area contributed by atoms with Gasteiger partial charge in [-0.15, -0.1) is 0 Å². The van der Waals surface area contributed by atoms with Crippen LogP contribution in [0.15, 0.2) is 0 Å². The molecule has 3 nitrogen and oxygen atoms in total. The summed E-state index contributed by atoms with van der Waals surface area (Å²) in [5.74, 6) is 0. The van der Waals surface area contributed by atoms with Crippen LogP contribution in [0.25, 0.3) is 0 Å². The molecule has 0 aromatic heterocycles. The third-order valence-corrected chi connectivity index (χ3v) is 4.42. The lowest BCUT2D eigenvalue weighted by molar-refractivity contribution is 0.187. The summed E-state index contributed by atoms with van der Waals surface area (Å²) >= 11 is 0. The minimum absolute atomic E-state index is 0.791. The van der Waals surface area contributed by atoms with E-state index in [4.69, 9.17) is 0 Å². The van der Waals surface area contributed by atoms with Crippen molar-refractivity contribution in [2.75, 3.05) is 45.8 Å². The lowest BCUT2D eigenvalue weighted by Crippen LogP contribution is -2.43. The molecule has 2 aliphatic rings. The first kappa shape index (κ1) is 14.3. The van der Waals surface area contributed by atoms with E-state index in [9.17, 15) is 0 Å². The minimum Gasteiger partial charge on any atom is -0.314 e. The van der Waals surface area contributed by atoms with E-state index in [-0.39, 0.29) is 0 Å². The van der Waals surface area contributed by atoms with Gasteiger partial charge in [-0.1, -0.05) is 6.92 Å². The van der Waals surface area contributed by atoms with Gasteiger partial charge in [0.25, 0.3) is 0 Å². The zero-order valence-electron chi connectivity index (χ0n) is 12.2. The number of nitrogens with one attached hydrogen (secondary N) is 1. The summed E-state index contributed by atoms with van der Waals surface area (Å²) in [6, 6.07) is 0.791. The average molecular weight is 253 g/mol. The fourth-order valence-corrected chi connectivity index (χ4v) is 3.23. The second-order valence-electron chi connectivity index (χ2n) is 5.97. The van der Waals surface area contributed by atoms with Crippen LogP contribution in [0, 0.1) is 0 Å². The van der Waals surface area contributed by atoms with Gasteiger partial charge in [0.15, 0.2) is 0 Å². The highest BCUT2D eigenvalue weighted by molar-refractivity contribution is 4.77. The molecule has 0 aromatic rings. The summed E-state index contributed by atoms with van der Waals surface area (Å²) in [5, 5.41) is 3.66. The molecule has 0 amide bonds. The van der Waals surface area contributed by atoms with E-state index in [2.05, 4.69) is 22.0 Å². The molecule has 2 saturated heterocycles. The summed E-state index contributed by atoms with van der Waals surface area (Å²) in [6.07, 6.45) is 8.18. The molecular formula is C15H31N3. The average Bonchev–Trinajstić information content (AvgIpc) is 2.91. The zero-order chi connectivity index (χ0) is 12.6. The monoisotopic (exact) mass is 253 g/mol. The molecule has 2 heterocycles. The summed E-state index contributed by atoms with van der Waals surface area (Å²) in [4.78, 5) is 5.30. The molecule has 2 rings (SSSR count). The molecule has 18 heavy (non-hydrogen) atoms. The van der Waals surface area contributed by atoms with Crippen LogP contribution in [-0.4, -0.2) is 61.7 Å². The molecule has 2 fully saturated rings. The molecule has 3 heteroatoms. The summed E-state index contributed by atoms with van der Waals surface area (Å²) < 4.78 is 0. The fraction of sp³-hybridized carbons (Fsp3) is 1.00. The molecule has 2 aliphatic heterocycles. The molecule has 0 aliphatic carbocycles. The van der Waals surface area contributed by atoms with E-state index in [0.29, 0.717) is 0 Å². The Kier molecular flexibility index (Phi) is 6.46. The van der Waals surface area contributed by atoms with Crippen LogP contribution in [0.1, 0.15) is 45.4 Å². The maximum absolute atomic E-state index is 3.66. The van der Waals surface area contributed by atoms with Gasteiger partial charge in [-0.2, -0.15) is 0 Å². The van der Waals surface area contributed by atoms with Crippen molar-refractivity contribution in [3.8, 4) is 0 Å². The molecule has 0 spiro atoms. The molecule has 0 saturated carbocycles. The Labute approximate surface area is 113 Å². The van der Waals surface area contributed by atoms with Gasteiger partial charge in [0.05, 0.1) is 0 Å². The zero-order valence-corrected chi connectivity index (χ0v) is 12.2. The Hall–Kier alpha value is -0.120. The highest BCUT2D eigenvalue weighted by atomic mass is 15.2. The lowest BCUT2D eigenvalue weighted by Gasteiger charge is -2.32. The Morgan fingerprint density at radius 1 is 0.944 bits per heavy atom. The lowest BCUT2D eigenvalue weighted by atomic mass is 10.0. The molecule has 0 aromatic carbocycles. The van der Waals surface area contributed by atoms with Gasteiger partial charge in [0.2, 0.25) is 0 Å². The van der Waals surface area contributed by atoms with Crippen molar-refractivity contribution in [3.05, 3.63) is 0 Å². The van der Waals surface area contributed by atoms with Crippen LogP contribution >= 0.6 is 0 Å². The minimum atomic E-state index is 0.791. The predicted octanol–water partition coefficient (Wildman–Crippen LogP) is 1.94. The Morgan fingerprint density at radius 2 is 1.56 bits per heavy atom. The second kappa shape index (κ2) is 8.13. The van der Waals surface area contributed by atoms with Crippen LogP contribution in [-0.2, 0) is 0 Å². The highest BCUT2D eigenvalue weighted by Crippen LogP contribution is 2.12. The molecular weight excluding hydrogens is 222 g/mol. The number of likely N-dealkylation sites (tertiary alicyclic amines) is 2. The van der Waals surface area contributed by atoms with Gasteiger partial charge in [-0.25, -0.2) is 0 Å². The normalized spacial score (nSPS) is 23.8. The smallest absolute Gasteiger partial charge is 0.00914 e. The fourth-order valence-electron chi connectivity index (χ4n) is 3.23. The number of hydrogen-bond donors (Lipinski definition) is 1. The molecule has 1 N–H and O–H groups in total. The quantitative estimate of drug-likeness (QED) is 0.748. The van der Waals surface area contributed by atoms with Gasteiger partial charge in [0.1, 0.15) is 0 Å². The maximum Gasteiger partial charge on any atom is 0.00914 e. The second-order valence-corrected chi connectivity index (χ2v) is 5.97. The van der Waals surface area contributed by atoms with Crippen LogP contribution in [0.5, 0.6) is 0 Å². The summed E-state index contributed by atoms with van der Waals surface area (Å²) in [5.41, 5.74) is 0. The van der Waals surface area contributed by atoms with Crippen molar-refractivity contribution < 1.29 is 0 Å². The topological polar surface area (TPSA) is 18.5 Å². The van der Waals surface area contributed by atoms with Crippen LogP contribution < -0.4 is 5.32 Å². The van der Waals surface area contributed by atoms with Crippen LogP contribution in [0.4, 0.5) is 0 Å². The van der Waals surface area contributed by atoms with Crippen LogP contribution in [0.2, 0.25) is 0 Å². The number of nitrogens with zero attached hydrogens (tertiary/aromatic N) is 2. The van der Waals surface area contributed by atoms with Crippen molar-refractivity contribution in [1.82, 2.24) is 15.1 Å². The molecule has 0 radical (unpaired) electrons. The predicted molar refractivity (Wildman–Crippen MR) is 78.0 cm³/mol. The van der Waals surface area contributed by atoms with E-state index in [1.165, 1.54) is 84.3 Å². The number of piperidine rings is 1. The summed E-state index contributed by atoms with van der Waals surface area (Å²) in [7, 11) is 0.